The first kappa shape index (κ1) is 32.1. The lowest BCUT2D eigenvalue weighted by molar-refractivity contribution is 0.175. The number of hydrogen-bond acceptors (Lipinski definition) is 9. The van der Waals surface area contributed by atoms with E-state index in [4.69, 9.17) is 14.4 Å². The Balaban J connectivity index is 1.07. The van der Waals surface area contributed by atoms with Crippen LogP contribution in [0.1, 0.15) is 59.9 Å². The number of fused-ring (bicyclic) bond motifs is 2. The third kappa shape index (κ3) is 6.34. The van der Waals surface area contributed by atoms with Crippen molar-refractivity contribution in [2.45, 2.75) is 71.2 Å². The van der Waals surface area contributed by atoms with E-state index in [0.717, 1.165) is 75.0 Å². The van der Waals surface area contributed by atoms with Gasteiger partial charge in [0.2, 0.25) is 5.89 Å². The third-order valence-electron chi connectivity index (χ3n) is 10.4. The number of aromatic nitrogens is 3. The summed E-state index contributed by atoms with van der Waals surface area (Å²) in [6, 6.07) is 23.4. The monoisotopic (exact) mass is 663 g/mol. The SMILES string of the molecule is Cc1c(Nc2nccc3cc(CN4CC[C@@H](O)C4)cnc23)cccc1-c1cccc(-c2nc3cc(CNC4CCCC4)cc(C#N)c3o2)c1C. The molecule has 3 aromatic heterocycles. The predicted octanol–water partition coefficient (Wildman–Crippen LogP) is 7.94. The molecule has 3 aromatic carbocycles. The topological polar surface area (TPSA) is 123 Å². The number of β-amino-alcohol motifs (C(OH)–C–C–N with tert-alkyl or cyclic N) is 1. The summed E-state index contributed by atoms with van der Waals surface area (Å²) in [7, 11) is 0. The minimum absolute atomic E-state index is 0.241. The maximum absolute atomic E-state index is 9.98. The molecule has 1 aliphatic carbocycles. The number of oxazole rings is 1. The Labute approximate surface area is 292 Å². The van der Waals surface area contributed by atoms with Crippen LogP contribution >= 0.6 is 0 Å². The smallest absolute Gasteiger partial charge is 0.227 e. The quantitative estimate of drug-likeness (QED) is 0.141. The molecule has 0 amide bonds. The van der Waals surface area contributed by atoms with E-state index in [1.807, 2.05) is 42.7 Å². The van der Waals surface area contributed by atoms with E-state index in [0.29, 0.717) is 47.5 Å². The van der Waals surface area contributed by atoms with Crippen LogP contribution in [0.5, 0.6) is 0 Å². The highest BCUT2D eigenvalue weighted by atomic mass is 16.3. The van der Waals surface area contributed by atoms with E-state index in [2.05, 4.69) is 70.8 Å². The number of aliphatic hydroxyl groups excluding tert-OH is 1. The van der Waals surface area contributed by atoms with Crippen LogP contribution in [0.3, 0.4) is 0 Å². The van der Waals surface area contributed by atoms with Gasteiger partial charge in [0.15, 0.2) is 11.4 Å². The van der Waals surface area contributed by atoms with Crippen molar-refractivity contribution in [3.05, 3.63) is 101 Å². The summed E-state index contributed by atoms with van der Waals surface area (Å²) in [5, 5.41) is 28.1. The Hall–Kier alpha value is -5.14. The molecule has 2 fully saturated rings. The van der Waals surface area contributed by atoms with Crippen molar-refractivity contribution in [1.82, 2.24) is 25.2 Å². The lowest BCUT2D eigenvalue weighted by Gasteiger charge is -2.17. The number of aliphatic hydroxyl groups is 1. The van der Waals surface area contributed by atoms with Crippen molar-refractivity contribution in [1.29, 1.82) is 5.26 Å². The van der Waals surface area contributed by atoms with Gasteiger partial charge in [-0.25, -0.2) is 9.97 Å². The van der Waals surface area contributed by atoms with Crippen LogP contribution in [0.15, 0.2) is 77.5 Å². The Bertz CT molecular complexity index is 2250. The van der Waals surface area contributed by atoms with Gasteiger partial charge < -0.3 is 20.2 Å². The lowest BCUT2D eigenvalue weighted by Crippen LogP contribution is -2.25. The molecule has 252 valence electrons. The number of nitrogens with one attached hydrogen (secondary N) is 2. The maximum atomic E-state index is 9.98. The fourth-order valence-electron chi connectivity index (χ4n) is 7.63. The van der Waals surface area contributed by atoms with Gasteiger partial charge in [-0.05, 0) is 103 Å². The molecule has 3 N–H and O–H groups in total. The first-order valence-electron chi connectivity index (χ1n) is 17.6. The van der Waals surface area contributed by atoms with Gasteiger partial charge in [0.05, 0.1) is 11.7 Å². The zero-order valence-corrected chi connectivity index (χ0v) is 28.5. The average Bonchev–Trinajstić information content (AvgIpc) is 3.90. The van der Waals surface area contributed by atoms with Gasteiger partial charge in [-0.3, -0.25) is 9.88 Å². The van der Waals surface area contributed by atoms with Crippen molar-refractivity contribution in [2.24, 2.45) is 0 Å². The fraction of sp³-hybridized carbons (Fsp3) is 0.317. The third-order valence-corrected chi connectivity index (χ3v) is 10.4. The van der Waals surface area contributed by atoms with Crippen LogP contribution in [0.2, 0.25) is 0 Å². The molecule has 50 heavy (non-hydrogen) atoms. The zero-order chi connectivity index (χ0) is 34.2. The largest absolute Gasteiger partial charge is 0.435 e. The molecule has 0 unspecified atom stereocenters. The van der Waals surface area contributed by atoms with Gasteiger partial charge in [-0.1, -0.05) is 37.1 Å². The summed E-state index contributed by atoms with van der Waals surface area (Å²) >= 11 is 0. The van der Waals surface area contributed by atoms with Crippen molar-refractivity contribution in [3.8, 4) is 28.7 Å². The van der Waals surface area contributed by atoms with Crippen LogP contribution in [0.25, 0.3) is 44.6 Å². The zero-order valence-electron chi connectivity index (χ0n) is 28.5. The van der Waals surface area contributed by atoms with Gasteiger partial charge >= 0.3 is 0 Å². The number of anilines is 2. The molecule has 8 rings (SSSR count). The van der Waals surface area contributed by atoms with Gasteiger partial charge in [0.25, 0.3) is 0 Å². The van der Waals surface area contributed by atoms with Gasteiger partial charge in [0.1, 0.15) is 17.1 Å². The Kier molecular flexibility index (Phi) is 8.75. The van der Waals surface area contributed by atoms with Crippen LogP contribution < -0.4 is 10.6 Å². The molecular weight excluding hydrogens is 622 g/mol. The van der Waals surface area contributed by atoms with E-state index in [9.17, 15) is 10.4 Å². The number of nitriles is 1. The lowest BCUT2D eigenvalue weighted by atomic mass is 9.93. The second-order valence-corrected chi connectivity index (χ2v) is 13.8. The summed E-state index contributed by atoms with van der Waals surface area (Å²) in [6.07, 6.45) is 9.28. The molecule has 1 saturated heterocycles. The molecule has 6 aromatic rings. The van der Waals surface area contributed by atoms with E-state index >= 15 is 0 Å². The highest BCUT2D eigenvalue weighted by Gasteiger charge is 2.21. The minimum Gasteiger partial charge on any atom is -0.435 e. The average molecular weight is 664 g/mol. The first-order valence-corrected chi connectivity index (χ1v) is 17.6. The highest BCUT2D eigenvalue weighted by molar-refractivity contribution is 5.91. The molecular formula is C41H41N7O2. The maximum Gasteiger partial charge on any atom is 0.227 e. The molecule has 1 saturated carbocycles. The van der Waals surface area contributed by atoms with Crippen LogP contribution in [-0.2, 0) is 13.1 Å². The van der Waals surface area contributed by atoms with Gasteiger partial charge in [0, 0.05) is 61.3 Å². The van der Waals surface area contributed by atoms with Crippen LogP contribution in [-0.4, -0.2) is 50.2 Å². The van der Waals surface area contributed by atoms with E-state index in [1.165, 1.54) is 25.7 Å². The molecule has 1 atom stereocenters. The minimum atomic E-state index is -0.241. The Morgan fingerprint density at radius 1 is 0.940 bits per heavy atom. The number of likely N-dealkylation sites (tertiary alicyclic amines) is 1. The van der Waals surface area contributed by atoms with Crippen molar-refractivity contribution < 1.29 is 9.52 Å². The summed E-state index contributed by atoms with van der Waals surface area (Å²) in [6.45, 7) is 7.30. The first-order chi connectivity index (χ1) is 24.4. The summed E-state index contributed by atoms with van der Waals surface area (Å²) in [5.74, 6) is 1.21. The van der Waals surface area contributed by atoms with Crippen molar-refractivity contribution in [2.75, 3.05) is 18.4 Å². The van der Waals surface area contributed by atoms with E-state index in [1.54, 1.807) is 0 Å². The molecule has 1 aliphatic heterocycles. The number of hydrogen-bond donors (Lipinski definition) is 3. The molecule has 0 spiro atoms. The molecule has 9 nitrogen and oxygen atoms in total. The van der Waals surface area contributed by atoms with Gasteiger partial charge in [-0.2, -0.15) is 5.26 Å². The molecule has 9 heteroatoms. The molecule has 2 aliphatic rings. The predicted molar refractivity (Wildman–Crippen MR) is 197 cm³/mol. The van der Waals surface area contributed by atoms with Gasteiger partial charge in [-0.15, -0.1) is 0 Å². The highest BCUT2D eigenvalue weighted by Crippen LogP contribution is 2.38. The standard InChI is InChI=1S/C41H41N7O2/c1-25-33(9-5-11-35(25)41-47-37-19-27(17-30(20-42)39(37)50-41)21-44-31-7-3-4-8-31)34-10-6-12-36(26(34)2)46-40-38-29(13-15-43-40)18-28(22-45-38)23-48-16-14-32(49)24-48/h5-6,9-13,15,17-19,22,31-32,44,49H,3-4,7-8,14,16,21,23-24H2,1-2H3,(H,43,46)/t32-/m1/s1. The normalized spacial score (nSPS) is 16.8. The number of rotatable bonds is 9. The molecule has 0 bridgehead atoms. The van der Waals surface area contributed by atoms with Crippen LogP contribution in [0, 0.1) is 25.2 Å². The van der Waals surface area contributed by atoms with Crippen molar-refractivity contribution >= 4 is 33.5 Å². The number of benzene rings is 3. The number of pyridine rings is 2. The summed E-state index contributed by atoms with van der Waals surface area (Å²) in [5.41, 5.74) is 10.8. The Morgan fingerprint density at radius 3 is 2.54 bits per heavy atom. The Morgan fingerprint density at radius 2 is 1.74 bits per heavy atom. The molecule has 0 radical (unpaired) electrons. The number of nitrogens with zero attached hydrogens (tertiary/aromatic N) is 5. The molecule has 4 heterocycles. The van der Waals surface area contributed by atoms with E-state index in [-0.39, 0.29) is 6.10 Å². The summed E-state index contributed by atoms with van der Waals surface area (Å²) in [4.78, 5) is 16.7. The van der Waals surface area contributed by atoms with Crippen LogP contribution in [0.4, 0.5) is 11.5 Å². The van der Waals surface area contributed by atoms with Crippen molar-refractivity contribution in [3.63, 3.8) is 0 Å². The fourth-order valence-corrected chi connectivity index (χ4v) is 7.63. The second-order valence-electron chi connectivity index (χ2n) is 13.8. The second kappa shape index (κ2) is 13.6. The van der Waals surface area contributed by atoms with E-state index < -0.39 is 0 Å². The summed E-state index contributed by atoms with van der Waals surface area (Å²) < 4.78 is 6.31.